The van der Waals surface area contributed by atoms with Crippen LogP contribution in [0.4, 0.5) is 0 Å². The predicted octanol–water partition coefficient (Wildman–Crippen LogP) is -0.159. The minimum absolute atomic E-state index is 0.182. The first kappa shape index (κ1) is 13.3. The van der Waals surface area contributed by atoms with E-state index in [-0.39, 0.29) is 11.9 Å². The Labute approximate surface area is 99.7 Å². The van der Waals surface area contributed by atoms with Crippen molar-refractivity contribution in [3.8, 4) is 0 Å². The van der Waals surface area contributed by atoms with Crippen LogP contribution < -0.4 is 5.73 Å². The lowest BCUT2D eigenvalue weighted by Crippen LogP contribution is -2.55. The van der Waals surface area contributed by atoms with Crippen molar-refractivity contribution in [3.63, 3.8) is 0 Å². The smallest absolute Gasteiger partial charge is 0.329 e. The Hall–Kier alpha value is -0.750. The van der Waals surface area contributed by atoms with Crippen molar-refractivity contribution >= 4 is 23.6 Å². The number of rotatable bonds is 3. The molecule has 0 spiro atoms. The molecule has 5 nitrogen and oxygen atoms in total. The van der Waals surface area contributed by atoms with Gasteiger partial charge in [0.05, 0.1) is 12.6 Å². The highest BCUT2D eigenvalue weighted by molar-refractivity contribution is 7.99. The van der Waals surface area contributed by atoms with Crippen molar-refractivity contribution in [1.82, 2.24) is 4.90 Å². The number of nitrogens with two attached hydrogens (primary N) is 1. The molecule has 0 radical (unpaired) electrons. The van der Waals surface area contributed by atoms with Gasteiger partial charge >= 0.3 is 5.97 Å². The Morgan fingerprint density at radius 3 is 2.88 bits per heavy atom. The standard InChI is InChI=1S/C10H18N2O3S/c1-3-15-10(14)8-6-16-5-4-12(8)9(13)7(2)11/h7-8H,3-6,11H2,1-2H3/t7-,8?/m1/s1. The van der Waals surface area contributed by atoms with Crippen LogP contribution in [0.5, 0.6) is 0 Å². The maximum Gasteiger partial charge on any atom is 0.329 e. The van der Waals surface area contributed by atoms with E-state index in [1.165, 1.54) is 0 Å². The SMILES string of the molecule is CCOC(=O)C1CSCCN1C(=O)[C@@H](C)N. The van der Waals surface area contributed by atoms with E-state index in [1.54, 1.807) is 30.5 Å². The molecule has 0 aliphatic carbocycles. The third kappa shape index (κ3) is 3.12. The summed E-state index contributed by atoms with van der Waals surface area (Å²) in [5.41, 5.74) is 5.55. The molecular formula is C10H18N2O3S. The molecule has 0 aromatic rings. The summed E-state index contributed by atoms with van der Waals surface area (Å²) < 4.78 is 4.95. The summed E-state index contributed by atoms with van der Waals surface area (Å²) in [5.74, 6) is 0.924. The normalized spacial score (nSPS) is 22.7. The van der Waals surface area contributed by atoms with E-state index < -0.39 is 12.1 Å². The highest BCUT2D eigenvalue weighted by Crippen LogP contribution is 2.18. The third-order valence-corrected chi connectivity index (χ3v) is 3.38. The predicted molar refractivity (Wildman–Crippen MR) is 63.1 cm³/mol. The largest absolute Gasteiger partial charge is 0.464 e. The van der Waals surface area contributed by atoms with Crippen LogP contribution in [0.15, 0.2) is 0 Å². The van der Waals surface area contributed by atoms with Crippen LogP contribution in [0.2, 0.25) is 0 Å². The number of nitrogens with zero attached hydrogens (tertiary/aromatic N) is 1. The van der Waals surface area contributed by atoms with Crippen molar-refractivity contribution in [2.24, 2.45) is 5.73 Å². The second-order valence-corrected chi connectivity index (χ2v) is 4.81. The van der Waals surface area contributed by atoms with Gasteiger partial charge in [-0.3, -0.25) is 4.79 Å². The van der Waals surface area contributed by atoms with Gasteiger partial charge in [0.2, 0.25) is 5.91 Å². The van der Waals surface area contributed by atoms with Gasteiger partial charge in [0.15, 0.2) is 0 Å². The van der Waals surface area contributed by atoms with E-state index in [2.05, 4.69) is 0 Å². The average molecular weight is 246 g/mol. The van der Waals surface area contributed by atoms with Crippen molar-refractivity contribution in [2.75, 3.05) is 24.7 Å². The number of hydrogen-bond donors (Lipinski definition) is 1. The first-order chi connectivity index (χ1) is 7.57. The number of amides is 1. The summed E-state index contributed by atoms with van der Waals surface area (Å²) in [6, 6.07) is -1.04. The van der Waals surface area contributed by atoms with Gasteiger partial charge < -0.3 is 15.4 Å². The zero-order valence-corrected chi connectivity index (χ0v) is 10.5. The van der Waals surface area contributed by atoms with E-state index >= 15 is 0 Å². The van der Waals surface area contributed by atoms with Crippen molar-refractivity contribution in [3.05, 3.63) is 0 Å². The molecule has 1 aliphatic heterocycles. The third-order valence-electron chi connectivity index (χ3n) is 2.36. The van der Waals surface area contributed by atoms with Crippen LogP contribution in [-0.2, 0) is 14.3 Å². The van der Waals surface area contributed by atoms with Crippen molar-refractivity contribution in [1.29, 1.82) is 0 Å². The molecule has 1 aliphatic rings. The molecule has 2 atom stereocenters. The van der Waals surface area contributed by atoms with Gasteiger partial charge in [0, 0.05) is 18.1 Å². The van der Waals surface area contributed by atoms with Crippen LogP contribution in [-0.4, -0.2) is 53.5 Å². The van der Waals surface area contributed by atoms with Gasteiger partial charge in [-0.2, -0.15) is 11.8 Å². The lowest BCUT2D eigenvalue weighted by atomic mass is 10.2. The van der Waals surface area contributed by atoms with Gasteiger partial charge in [-0.1, -0.05) is 0 Å². The molecule has 1 fully saturated rings. The monoisotopic (exact) mass is 246 g/mol. The summed E-state index contributed by atoms with van der Waals surface area (Å²) in [6.45, 7) is 4.28. The molecule has 0 bridgehead atoms. The summed E-state index contributed by atoms with van der Waals surface area (Å²) in [4.78, 5) is 25.0. The summed E-state index contributed by atoms with van der Waals surface area (Å²) in [5, 5.41) is 0. The Bertz CT molecular complexity index is 271. The second kappa shape index (κ2) is 6.10. The molecule has 1 unspecified atom stereocenters. The van der Waals surface area contributed by atoms with Crippen molar-refractivity contribution in [2.45, 2.75) is 25.9 Å². The molecule has 2 N–H and O–H groups in total. The van der Waals surface area contributed by atoms with Crippen LogP contribution in [0.25, 0.3) is 0 Å². The van der Waals surface area contributed by atoms with Crippen molar-refractivity contribution < 1.29 is 14.3 Å². The highest BCUT2D eigenvalue weighted by atomic mass is 32.2. The molecule has 6 heteroatoms. The van der Waals surface area contributed by atoms with E-state index in [1.807, 2.05) is 0 Å². The van der Waals surface area contributed by atoms with Gasteiger partial charge in [-0.05, 0) is 13.8 Å². The fourth-order valence-corrected chi connectivity index (χ4v) is 2.59. The Morgan fingerprint density at radius 1 is 1.62 bits per heavy atom. The van der Waals surface area contributed by atoms with Gasteiger partial charge in [0.1, 0.15) is 6.04 Å². The Kier molecular flexibility index (Phi) is 5.08. The number of carbonyl (C=O) groups excluding carboxylic acids is 2. The Morgan fingerprint density at radius 2 is 2.31 bits per heavy atom. The number of carbonyl (C=O) groups is 2. The average Bonchev–Trinajstić information content (AvgIpc) is 2.28. The maximum absolute atomic E-state index is 11.8. The molecule has 1 saturated heterocycles. The zero-order valence-electron chi connectivity index (χ0n) is 9.64. The molecule has 92 valence electrons. The lowest BCUT2D eigenvalue weighted by Gasteiger charge is -2.34. The topological polar surface area (TPSA) is 72.6 Å². The van der Waals surface area contributed by atoms with E-state index in [9.17, 15) is 9.59 Å². The van der Waals surface area contributed by atoms with Gasteiger partial charge in [-0.15, -0.1) is 0 Å². The molecule has 1 heterocycles. The number of esters is 1. The maximum atomic E-state index is 11.8. The number of thioether (sulfide) groups is 1. The fraction of sp³-hybridized carbons (Fsp3) is 0.800. The molecule has 0 aromatic heterocycles. The summed E-state index contributed by atoms with van der Waals surface area (Å²) >= 11 is 1.65. The fourth-order valence-electron chi connectivity index (χ4n) is 1.56. The minimum Gasteiger partial charge on any atom is -0.464 e. The van der Waals surface area contributed by atoms with E-state index in [4.69, 9.17) is 10.5 Å². The first-order valence-corrected chi connectivity index (χ1v) is 6.53. The number of ether oxygens (including phenoxy) is 1. The molecular weight excluding hydrogens is 228 g/mol. The van der Waals surface area contributed by atoms with Gasteiger partial charge in [0.25, 0.3) is 0 Å². The van der Waals surface area contributed by atoms with Crippen LogP contribution in [0, 0.1) is 0 Å². The highest BCUT2D eigenvalue weighted by Gasteiger charge is 2.34. The molecule has 16 heavy (non-hydrogen) atoms. The number of hydrogen-bond acceptors (Lipinski definition) is 5. The Balaban J connectivity index is 2.71. The van der Waals surface area contributed by atoms with Crippen LogP contribution >= 0.6 is 11.8 Å². The molecule has 0 saturated carbocycles. The van der Waals surface area contributed by atoms with Crippen LogP contribution in [0.3, 0.4) is 0 Å². The van der Waals surface area contributed by atoms with Crippen LogP contribution in [0.1, 0.15) is 13.8 Å². The quantitative estimate of drug-likeness (QED) is 0.701. The molecule has 1 rings (SSSR count). The molecule has 1 amide bonds. The minimum atomic E-state index is -0.569. The second-order valence-electron chi connectivity index (χ2n) is 3.66. The summed E-state index contributed by atoms with van der Waals surface area (Å²) in [7, 11) is 0. The zero-order chi connectivity index (χ0) is 12.1. The van der Waals surface area contributed by atoms with E-state index in [0.717, 1.165) is 5.75 Å². The van der Waals surface area contributed by atoms with E-state index in [0.29, 0.717) is 18.9 Å². The first-order valence-electron chi connectivity index (χ1n) is 5.38. The molecule has 0 aromatic carbocycles. The lowest BCUT2D eigenvalue weighted by molar-refractivity contribution is -0.154. The summed E-state index contributed by atoms with van der Waals surface area (Å²) in [6.07, 6.45) is 0. The van der Waals surface area contributed by atoms with Gasteiger partial charge in [-0.25, -0.2) is 4.79 Å².